The predicted octanol–water partition coefficient (Wildman–Crippen LogP) is 5.26. The summed E-state index contributed by atoms with van der Waals surface area (Å²) in [5.41, 5.74) is 2.07. The van der Waals surface area contributed by atoms with E-state index in [0.717, 1.165) is 5.56 Å². The third kappa shape index (κ3) is 4.39. The highest BCUT2D eigenvalue weighted by molar-refractivity contribution is 6.11. The molecule has 1 aromatic heterocycles. The Balaban J connectivity index is 1.81. The van der Waals surface area contributed by atoms with Crippen LogP contribution in [0.2, 0.25) is 0 Å². The first-order valence-corrected chi connectivity index (χ1v) is 9.86. The van der Waals surface area contributed by atoms with Gasteiger partial charge >= 0.3 is 5.69 Å². The van der Waals surface area contributed by atoms with E-state index in [-0.39, 0.29) is 23.7 Å². The van der Waals surface area contributed by atoms with Crippen LogP contribution in [0.4, 0.5) is 21.6 Å². The summed E-state index contributed by atoms with van der Waals surface area (Å²) in [6.07, 6.45) is 0. The molecular weight excluding hydrogens is 411 g/mol. The number of carbonyl (C=O) groups excluding carboxylic acids is 1. The second-order valence-electron chi connectivity index (χ2n) is 7.26. The molecule has 0 aliphatic carbocycles. The minimum absolute atomic E-state index is 0.0236. The maximum absolute atomic E-state index is 13.2. The van der Waals surface area contributed by atoms with Crippen LogP contribution in [0.3, 0.4) is 0 Å². The molecule has 0 saturated carbocycles. The summed E-state index contributed by atoms with van der Waals surface area (Å²) in [5, 5.41) is 18.1. The number of benzene rings is 3. The number of nitro groups is 1. The standard InChI is InChI=1S/C24H19FN4O3/c1-15-7-12-20-19(13-15)21(24(30)26-14-16-8-10-17(25)11-9-16)22(29(31)32)23(28-20)27-18-5-3-2-4-6-18/h2-13H,14H2,1H3,(H,26,30)(H,27,28). The lowest BCUT2D eigenvalue weighted by Crippen LogP contribution is -2.24. The number of carbonyl (C=O) groups is 1. The Morgan fingerprint density at radius 1 is 1.06 bits per heavy atom. The highest BCUT2D eigenvalue weighted by Crippen LogP contribution is 2.35. The minimum atomic E-state index is -0.616. The maximum atomic E-state index is 13.2. The molecule has 8 heteroatoms. The number of para-hydroxylation sites is 1. The second kappa shape index (κ2) is 8.81. The van der Waals surface area contributed by atoms with E-state index in [0.29, 0.717) is 22.2 Å². The molecule has 0 aliphatic rings. The molecule has 0 fully saturated rings. The van der Waals surface area contributed by atoms with E-state index in [2.05, 4.69) is 15.6 Å². The zero-order valence-corrected chi connectivity index (χ0v) is 17.1. The number of hydrogen-bond acceptors (Lipinski definition) is 5. The van der Waals surface area contributed by atoms with Crippen LogP contribution in [-0.2, 0) is 6.54 Å². The van der Waals surface area contributed by atoms with Gasteiger partial charge in [0.1, 0.15) is 11.4 Å². The van der Waals surface area contributed by atoms with Crippen LogP contribution < -0.4 is 10.6 Å². The first kappa shape index (κ1) is 20.9. The molecule has 2 N–H and O–H groups in total. The van der Waals surface area contributed by atoms with Gasteiger partial charge in [-0.15, -0.1) is 0 Å². The summed E-state index contributed by atoms with van der Waals surface area (Å²) in [7, 11) is 0. The van der Waals surface area contributed by atoms with Crippen molar-refractivity contribution in [3.8, 4) is 0 Å². The fourth-order valence-corrected chi connectivity index (χ4v) is 3.39. The number of nitrogens with zero attached hydrogens (tertiary/aromatic N) is 2. The van der Waals surface area contributed by atoms with E-state index in [4.69, 9.17) is 0 Å². The number of fused-ring (bicyclic) bond motifs is 1. The van der Waals surface area contributed by atoms with Crippen molar-refractivity contribution < 1.29 is 14.1 Å². The van der Waals surface area contributed by atoms with Crippen molar-refractivity contribution in [3.05, 3.63) is 105 Å². The number of amides is 1. The van der Waals surface area contributed by atoms with Gasteiger partial charge in [0.25, 0.3) is 5.91 Å². The molecule has 160 valence electrons. The van der Waals surface area contributed by atoms with Gasteiger partial charge in [-0.1, -0.05) is 42.0 Å². The lowest BCUT2D eigenvalue weighted by atomic mass is 10.0. The number of pyridine rings is 1. The van der Waals surface area contributed by atoms with Crippen molar-refractivity contribution in [1.82, 2.24) is 10.3 Å². The molecular formula is C24H19FN4O3. The summed E-state index contributed by atoms with van der Waals surface area (Å²) in [6, 6.07) is 19.8. The van der Waals surface area contributed by atoms with Crippen molar-refractivity contribution >= 4 is 34.0 Å². The smallest absolute Gasteiger partial charge is 0.325 e. The molecule has 0 unspecified atom stereocenters. The molecule has 0 aliphatic heterocycles. The highest BCUT2D eigenvalue weighted by Gasteiger charge is 2.29. The van der Waals surface area contributed by atoms with Gasteiger partial charge in [0, 0.05) is 17.6 Å². The van der Waals surface area contributed by atoms with Crippen LogP contribution in [0.1, 0.15) is 21.5 Å². The van der Waals surface area contributed by atoms with E-state index in [1.165, 1.54) is 12.1 Å². The Bertz CT molecular complexity index is 1310. The van der Waals surface area contributed by atoms with E-state index < -0.39 is 16.5 Å². The number of rotatable bonds is 6. The van der Waals surface area contributed by atoms with Gasteiger partial charge < -0.3 is 10.6 Å². The van der Waals surface area contributed by atoms with Crippen molar-refractivity contribution in [1.29, 1.82) is 0 Å². The topological polar surface area (TPSA) is 97.2 Å². The Hall–Kier alpha value is -4.33. The van der Waals surface area contributed by atoms with E-state index in [1.807, 2.05) is 19.1 Å². The van der Waals surface area contributed by atoms with Crippen molar-refractivity contribution in [2.75, 3.05) is 5.32 Å². The van der Waals surface area contributed by atoms with Crippen molar-refractivity contribution in [2.24, 2.45) is 0 Å². The number of halogens is 1. The van der Waals surface area contributed by atoms with Gasteiger partial charge in [0.05, 0.1) is 10.4 Å². The molecule has 3 aromatic carbocycles. The summed E-state index contributed by atoms with van der Waals surface area (Å²) in [4.78, 5) is 29.1. The molecule has 0 bridgehead atoms. The second-order valence-corrected chi connectivity index (χ2v) is 7.26. The Kier molecular flexibility index (Phi) is 5.76. The zero-order valence-electron chi connectivity index (χ0n) is 17.1. The van der Waals surface area contributed by atoms with E-state index >= 15 is 0 Å². The average molecular weight is 430 g/mol. The van der Waals surface area contributed by atoms with E-state index in [1.54, 1.807) is 48.5 Å². The fraction of sp³-hybridized carbons (Fsp3) is 0.0833. The van der Waals surface area contributed by atoms with Crippen LogP contribution in [0, 0.1) is 22.9 Å². The lowest BCUT2D eigenvalue weighted by molar-refractivity contribution is -0.384. The van der Waals surface area contributed by atoms with Crippen LogP contribution in [-0.4, -0.2) is 15.8 Å². The fourth-order valence-electron chi connectivity index (χ4n) is 3.39. The van der Waals surface area contributed by atoms with Crippen LogP contribution in [0.5, 0.6) is 0 Å². The minimum Gasteiger partial charge on any atom is -0.348 e. The molecule has 32 heavy (non-hydrogen) atoms. The van der Waals surface area contributed by atoms with Gasteiger partial charge in [-0.2, -0.15) is 0 Å². The third-order valence-corrected chi connectivity index (χ3v) is 4.93. The SMILES string of the molecule is Cc1ccc2nc(Nc3ccccc3)c([N+](=O)[O-])c(C(=O)NCc3ccc(F)cc3)c2c1. The van der Waals surface area contributed by atoms with Crippen LogP contribution >= 0.6 is 0 Å². The normalized spacial score (nSPS) is 10.7. The average Bonchev–Trinajstić information content (AvgIpc) is 2.78. The van der Waals surface area contributed by atoms with Crippen LogP contribution in [0.15, 0.2) is 72.8 Å². The Morgan fingerprint density at radius 2 is 1.78 bits per heavy atom. The van der Waals surface area contributed by atoms with Crippen molar-refractivity contribution in [2.45, 2.75) is 13.5 Å². The molecule has 7 nitrogen and oxygen atoms in total. The number of nitrogens with one attached hydrogen (secondary N) is 2. The summed E-state index contributed by atoms with van der Waals surface area (Å²) < 4.78 is 13.2. The molecule has 0 radical (unpaired) electrons. The lowest BCUT2D eigenvalue weighted by Gasteiger charge is -2.13. The number of aryl methyl sites for hydroxylation is 1. The molecule has 1 heterocycles. The summed E-state index contributed by atoms with van der Waals surface area (Å²) >= 11 is 0. The Labute approximate surface area is 183 Å². The largest absolute Gasteiger partial charge is 0.348 e. The number of hydrogen-bond donors (Lipinski definition) is 2. The monoisotopic (exact) mass is 430 g/mol. The van der Waals surface area contributed by atoms with Gasteiger partial charge in [-0.25, -0.2) is 9.37 Å². The molecule has 0 spiro atoms. The van der Waals surface area contributed by atoms with Gasteiger partial charge in [-0.05, 0) is 48.9 Å². The molecule has 4 rings (SSSR count). The maximum Gasteiger partial charge on any atom is 0.325 e. The molecule has 4 aromatic rings. The third-order valence-electron chi connectivity index (χ3n) is 4.93. The molecule has 0 saturated heterocycles. The summed E-state index contributed by atoms with van der Waals surface area (Å²) in [5.74, 6) is -1.03. The number of aromatic nitrogens is 1. The first-order chi connectivity index (χ1) is 15.4. The quantitative estimate of drug-likeness (QED) is 0.321. The predicted molar refractivity (Wildman–Crippen MR) is 120 cm³/mol. The number of anilines is 2. The van der Waals surface area contributed by atoms with Gasteiger partial charge in [0.2, 0.25) is 5.82 Å². The molecule has 0 atom stereocenters. The van der Waals surface area contributed by atoms with E-state index in [9.17, 15) is 19.3 Å². The summed E-state index contributed by atoms with van der Waals surface area (Å²) in [6.45, 7) is 1.93. The first-order valence-electron chi connectivity index (χ1n) is 9.86. The molecule has 1 amide bonds. The van der Waals surface area contributed by atoms with Gasteiger partial charge in [-0.3, -0.25) is 14.9 Å². The van der Waals surface area contributed by atoms with Crippen molar-refractivity contribution in [3.63, 3.8) is 0 Å². The van der Waals surface area contributed by atoms with Crippen LogP contribution in [0.25, 0.3) is 10.9 Å². The zero-order chi connectivity index (χ0) is 22.7. The highest BCUT2D eigenvalue weighted by atomic mass is 19.1. The van der Waals surface area contributed by atoms with Gasteiger partial charge in [0.15, 0.2) is 0 Å². The Morgan fingerprint density at radius 3 is 2.47 bits per heavy atom.